The average molecular weight is 321 g/mol. The first-order valence-electron chi connectivity index (χ1n) is 7.67. The zero-order valence-corrected chi connectivity index (χ0v) is 14.1. The summed E-state index contributed by atoms with van der Waals surface area (Å²) in [5, 5.41) is 1.21. The first kappa shape index (κ1) is 16.7. The lowest BCUT2D eigenvalue weighted by Gasteiger charge is -2.28. The van der Waals surface area contributed by atoms with Gasteiger partial charge in [0.1, 0.15) is 0 Å². The van der Waals surface area contributed by atoms with Crippen molar-refractivity contribution >= 4 is 21.4 Å². The summed E-state index contributed by atoms with van der Waals surface area (Å²) >= 11 is 0. The lowest BCUT2D eigenvalue weighted by molar-refractivity contribution is -0.118. The van der Waals surface area contributed by atoms with Gasteiger partial charge in [0.15, 0.2) is 9.84 Å². The van der Waals surface area contributed by atoms with Gasteiger partial charge in [-0.15, -0.1) is 0 Å². The van der Waals surface area contributed by atoms with Gasteiger partial charge >= 0.3 is 0 Å². The minimum atomic E-state index is -3.19. The van der Waals surface area contributed by atoms with E-state index < -0.39 is 15.9 Å². The van der Waals surface area contributed by atoms with E-state index in [-0.39, 0.29) is 11.7 Å². The molecule has 22 heavy (non-hydrogen) atoms. The lowest BCUT2D eigenvalue weighted by Crippen LogP contribution is -2.41. The Morgan fingerprint density at radius 2 is 1.91 bits per heavy atom. The summed E-state index contributed by atoms with van der Waals surface area (Å²) in [6.07, 6.45) is 2.76. The summed E-state index contributed by atoms with van der Waals surface area (Å²) in [6, 6.07) is 7.40. The van der Waals surface area contributed by atoms with Crippen LogP contribution in [0.15, 0.2) is 35.7 Å². The van der Waals surface area contributed by atoms with Crippen LogP contribution in [-0.4, -0.2) is 26.1 Å². The van der Waals surface area contributed by atoms with E-state index in [2.05, 4.69) is 13.8 Å². The highest BCUT2D eigenvalue weighted by molar-refractivity contribution is 7.94. The number of nitrogens with zero attached hydrogens (tertiary/aromatic N) is 1. The molecule has 2 rings (SSSR count). The van der Waals surface area contributed by atoms with E-state index in [9.17, 15) is 13.2 Å². The van der Waals surface area contributed by atoms with Crippen LogP contribution in [0.3, 0.4) is 0 Å². The van der Waals surface area contributed by atoms with Crippen molar-refractivity contribution in [3.63, 3.8) is 0 Å². The van der Waals surface area contributed by atoms with Crippen LogP contribution in [0, 0.1) is 0 Å². The molecule has 0 fully saturated rings. The highest BCUT2D eigenvalue weighted by atomic mass is 32.2. The standard InChI is InChI=1S/C17H23NO3S/c1-4-5-17(19)18(16-10-11-22(20,21)12-16)15-8-6-14(7-9-15)13(2)3/h6-11,13,16H,4-5,12H2,1-3H3/t16-/m1/s1. The van der Waals surface area contributed by atoms with Crippen molar-refractivity contribution in [2.45, 2.75) is 45.6 Å². The molecule has 1 aromatic carbocycles. The van der Waals surface area contributed by atoms with Crippen LogP contribution in [-0.2, 0) is 14.6 Å². The number of carbonyl (C=O) groups excluding carboxylic acids is 1. The summed E-state index contributed by atoms with van der Waals surface area (Å²) in [5.41, 5.74) is 1.95. The molecule has 120 valence electrons. The van der Waals surface area contributed by atoms with E-state index in [4.69, 9.17) is 0 Å². The molecule has 0 spiro atoms. The summed E-state index contributed by atoms with van der Waals surface area (Å²) < 4.78 is 23.4. The van der Waals surface area contributed by atoms with Crippen LogP contribution >= 0.6 is 0 Å². The number of hydrogen-bond acceptors (Lipinski definition) is 3. The molecule has 0 saturated carbocycles. The van der Waals surface area contributed by atoms with Crippen molar-refractivity contribution < 1.29 is 13.2 Å². The first-order chi connectivity index (χ1) is 10.3. The fourth-order valence-corrected chi connectivity index (χ4v) is 3.86. The Labute approximate surface area is 132 Å². The molecule has 0 aliphatic carbocycles. The molecule has 0 unspecified atom stereocenters. The Morgan fingerprint density at radius 1 is 1.27 bits per heavy atom. The second-order valence-electron chi connectivity index (χ2n) is 5.99. The molecule has 4 nitrogen and oxygen atoms in total. The van der Waals surface area contributed by atoms with Crippen molar-refractivity contribution in [1.82, 2.24) is 0 Å². The number of anilines is 1. The van der Waals surface area contributed by atoms with Crippen molar-refractivity contribution in [3.8, 4) is 0 Å². The Balaban J connectivity index is 2.32. The quantitative estimate of drug-likeness (QED) is 0.836. The van der Waals surface area contributed by atoms with E-state index in [1.807, 2.05) is 31.2 Å². The van der Waals surface area contributed by atoms with Crippen LogP contribution in [0.25, 0.3) is 0 Å². The molecule has 1 heterocycles. The summed E-state index contributed by atoms with van der Waals surface area (Å²) in [7, 11) is -3.19. The van der Waals surface area contributed by atoms with E-state index in [1.165, 1.54) is 11.0 Å². The first-order valence-corrected chi connectivity index (χ1v) is 9.38. The Morgan fingerprint density at radius 3 is 2.36 bits per heavy atom. The number of rotatable bonds is 5. The minimum absolute atomic E-state index is 0.0333. The molecule has 1 amide bonds. The summed E-state index contributed by atoms with van der Waals surface area (Å²) in [4.78, 5) is 14.1. The van der Waals surface area contributed by atoms with Crippen LogP contribution in [0.2, 0.25) is 0 Å². The molecule has 1 aromatic rings. The van der Waals surface area contributed by atoms with Gasteiger partial charge in [-0.05, 0) is 36.1 Å². The second-order valence-corrected chi connectivity index (χ2v) is 7.92. The smallest absolute Gasteiger partial charge is 0.227 e. The molecule has 1 aliphatic heterocycles. The highest BCUT2D eigenvalue weighted by Crippen LogP contribution is 2.26. The van der Waals surface area contributed by atoms with Crippen LogP contribution in [0.5, 0.6) is 0 Å². The van der Waals surface area contributed by atoms with Crippen molar-refractivity contribution in [3.05, 3.63) is 41.3 Å². The normalized spacial score (nSPS) is 19.5. The van der Waals surface area contributed by atoms with E-state index >= 15 is 0 Å². The number of benzene rings is 1. The van der Waals surface area contributed by atoms with E-state index in [1.54, 1.807) is 11.0 Å². The maximum absolute atomic E-state index is 12.5. The third-order valence-corrected chi connectivity index (χ3v) is 5.19. The molecule has 1 atom stereocenters. The monoisotopic (exact) mass is 321 g/mol. The van der Waals surface area contributed by atoms with Gasteiger partial charge < -0.3 is 4.90 Å². The zero-order valence-electron chi connectivity index (χ0n) is 13.3. The predicted molar refractivity (Wildman–Crippen MR) is 89.6 cm³/mol. The molecule has 0 radical (unpaired) electrons. The topological polar surface area (TPSA) is 54.5 Å². The summed E-state index contributed by atoms with van der Waals surface area (Å²) in [5.74, 6) is 0.348. The van der Waals surface area contributed by atoms with Gasteiger partial charge in [0.05, 0.1) is 11.8 Å². The predicted octanol–water partition coefficient (Wildman–Crippen LogP) is 3.25. The largest absolute Gasteiger partial charge is 0.304 e. The molecule has 0 N–H and O–H groups in total. The van der Waals surface area contributed by atoms with Gasteiger partial charge in [0, 0.05) is 17.5 Å². The fraction of sp³-hybridized carbons (Fsp3) is 0.471. The maximum atomic E-state index is 12.5. The van der Waals surface area contributed by atoms with Crippen LogP contribution < -0.4 is 4.90 Å². The van der Waals surface area contributed by atoms with Crippen molar-refractivity contribution in [2.24, 2.45) is 0 Å². The zero-order chi connectivity index (χ0) is 16.3. The third-order valence-electron chi connectivity index (χ3n) is 3.81. The molecule has 0 aromatic heterocycles. The van der Waals surface area contributed by atoms with Crippen LogP contribution in [0.1, 0.15) is 45.1 Å². The number of hydrogen-bond donors (Lipinski definition) is 0. The SMILES string of the molecule is CCCC(=O)N(c1ccc(C(C)C)cc1)[C@@H]1C=CS(=O)(=O)C1. The molecular weight excluding hydrogens is 298 g/mol. The van der Waals surface area contributed by atoms with Gasteiger partial charge in [-0.2, -0.15) is 0 Å². The van der Waals surface area contributed by atoms with Gasteiger partial charge in [0.2, 0.25) is 5.91 Å². The molecular formula is C17H23NO3S. The van der Waals surface area contributed by atoms with Gasteiger partial charge in [-0.1, -0.05) is 32.9 Å². The number of amides is 1. The summed E-state index contributed by atoms with van der Waals surface area (Å²) in [6.45, 7) is 6.17. The van der Waals surface area contributed by atoms with Gasteiger partial charge in [-0.3, -0.25) is 4.79 Å². The van der Waals surface area contributed by atoms with E-state index in [0.29, 0.717) is 12.3 Å². The molecule has 0 saturated heterocycles. The van der Waals surface area contributed by atoms with E-state index in [0.717, 1.165) is 12.1 Å². The minimum Gasteiger partial charge on any atom is -0.304 e. The highest BCUT2D eigenvalue weighted by Gasteiger charge is 2.30. The third kappa shape index (κ3) is 3.77. The van der Waals surface area contributed by atoms with Crippen LogP contribution in [0.4, 0.5) is 5.69 Å². The number of sulfone groups is 1. The van der Waals surface area contributed by atoms with Crippen molar-refractivity contribution in [1.29, 1.82) is 0 Å². The molecule has 5 heteroatoms. The Hall–Kier alpha value is -1.62. The average Bonchev–Trinajstić information content (AvgIpc) is 2.80. The maximum Gasteiger partial charge on any atom is 0.227 e. The lowest BCUT2D eigenvalue weighted by atomic mass is 10.0. The Bertz CT molecular complexity index is 660. The van der Waals surface area contributed by atoms with Gasteiger partial charge in [0.25, 0.3) is 0 Å². The second kappa shape index (κ2) is 6.65. The fourth-order valence-electron chi connectivity index (χ4n) is 2.59. The molecule has 0 bridgehead atoms. The van der Waals surface area contributed by atoms with Gasteiger partial charge in [-0.25, -0.2) is 8.42 Å². The van der Waals surface area contributed by atoms with Crippen molar-refractivity contribution in [2.75, 3.05) is 10.7 Å². The molecule has 1 aliphatic rings. The Kier molecular flexibility index (Phi) is 5.06. The number of carbonyl (C=O) groups is 1.